The summed E-state index contributed by atoms with van der Waals surface area (Å²) in [5.74, 6) is -2.32. The van der Waals surface area contributed by atoms with Crippen molar-refractivity contribution in [3.05, 3.63) is 58.4 Å². The van der Waals surface area contributed by atoms with Crippen molar-refractivity contribution in [1.29, 1.82) is 0 Å². The highest BCUT2D eigenvalue weighted by atomic mass is 32.1. The fourth-order valence-electron chi connectivity index (χ4n) is 2.69. The van der Waals surface area contributed by atoms with Gasteiger partial charge in [-0.1, -0.05) is 13.8 Å². The van der Waals surface area contributed by atoms with Crippen LogP contribution in [0.2, 0.25) is 0 Å². The van der Waals surface area contributed by atoms with Gasteiger partial charge < -0.3 is 10.1 Å². The zero-order chi connectivity index (χ0) is 24.3. The molecule has 1 N–H and O–H groups in total. The van der Waals surface area contributed by atoms with Crippen LogP contribution >= 0.6 is 11.3 Å². The number of nitrogens with one attached hydrogen (secondary N) is 1. The largest absolute Gasteiger partial charge is 0.490 e. The molecule has 176 valence electrons. The number of aromatic nitrogens is 3. The van der Waals surface area contributed by atoms with Crippen LogP contribution in [-0.4, -0.2) is 27.0 Å². The second-order valence-electron chi connectivity index (χ2n) is 7.77. The number of hydrogen-bond acceptors (Lipinski definition) is 6. The van der Waals surface area contributed by atoms with Gasteiger partial charge in [0.05, 0.1) is 17.2 Å². The number of benzene rings is 1. The third-order valence-electron chi connectivity index (χ3n) is 4.82. The first-order valence-electron chi connectivity index (χ1n) is 10.0. The summed E-state index contributed by atoms with van der Waals surface area (Å²) >= 11 is 1.28. The summed E-state index contributed by atoms with van der Waals surface area (Å²) in [5.41, 5.74) is 0.0945. The molecule has 33 heavy (non-hydrogen) atoms. The van der Waals surface area contributed by atoms with Crippen molar-refractivity contribution in [3.63, 3.8) is 0 Å². The molecule has 1 aromatic carbocycles. The van der Waals surface area contributed by atoms with E-state index in [9.17, 15) is 18.0 Å². The zero-order valence-corrected chi connectivity index (χ0v) is 19.1. The van der Waals surface area contributed by atoms with Gasteiger partial charge in [-0.2, -0.15) is 13.2 Å². The van der Waals surface area contributed by atoms with Crippen LogP contribution in [0.25, 0.3) is 10.6 Å². The van der Waals surface area contributed by atoms with Gasteiger partial charge in [-0.15, -0.1) is 11.3 Å². The minimum Gasteiger partial charge on any atom is -0.490 e. The highest BCUT2D eigenvalue weighted by molar-refractivity contribution is 7.14. The average molecular weight is 483 g/mol. The second kappa shape index (κ2) is 9.82. The van der Waals surface area contributed by atoms with E-state index in [2.05, 4.69) is 20.3 Å². The van der Waals surface area contributed by atoms with E-state index in [1.165, 1.54) is 23.5 Å². The van der Waals surface area contributed by atoms with Crippen LogP contribution in [-0.2, 0) is 12.7 Å². The molecule has 0 bridgehead atoms. The van der Waals surface area contributed by atoms with E-state index < -0.39 is 23.7 Å². The SMILES string of the molecule is Cc1cnc(-c2cc(O[C@@H](C)C(C)C)cc(C(=O)NCc3cnc(C(F)(F)F)nc3)c2F)s1. The Morgan fingerprint density at radius 3 is 2.33 bits per heavy atom. The lowest BCUT2D eigenvalue weighted by Gasteiger charge is -2.19. The van der Waals surface area contributed by atoms with Crippen molar-refractivity contribution in [2.75, 3.05) is 0 Å². The van der Waals surface area contributed by atoms with Gasteiger partial charge in [0.2, 0.25) is 5.82 Å². The average Bonchev–Trinajstić information content (AvgIpc) is 3.18. The maximum Gasteiger partial charge on any atom is 0.451 e. The van der Waals surface area contributed by atoms with Gasteiger partial charge in [0, 0.05) is 35.6 Å². The molecule has 2 heterocycles. The van der Waals surface area contributed by atoms with Crippen LogP contribution in [0.3, 0.4) is 0 Å². The van der Waals surface area contributed by atoms with Crippen LogP contribution in [0.5, 0.6) is 5.75 Å². The maximum atomic E-state index is 15.3. The van der Waals surface area contributed by atoms with E-state index in [-0.39, 0.29) is 35.3 Å². The molecule has 0 saturated carbocycles. The molecule has 6 nitrogen and oxygen atoms in total. The van der Waals surface area contributed by atoms with E-state index in [1.807, 2.05) is 27.7 Å². The normalized spacial score (nSPS) is 12.6. The topological polar surface area (TPSA) is 77.0 Å². The van der Waals surface area contributed by atoms with Gasteiger partial charge in [0.25, 0.3) is 5.91 Å². The zero-order valence-electron chi connectivity index (χ0n) is 18.3. The molecular formula is C22H22F4N4O2S. The third-order valence-corrected chi connectivity index (χ3v) is 5.76. The second-order valence-corrected chi connectivity index (χ2v) is 9.01. The Bertz CT molecular complexity index is 1130. The summed E-state index contributed by atoms with van der Waals surface area (Å²) in [5, 5.41) is 2.89. The van der Waals surface area contributed by atoms with Crippen LogP contribution < -0.4 is 10.1 Å². The predicted molar refractivity (Wildman–Crippen MR) is 115 cm³/mol. The molecule has 3 aromatic rings. The van der Waals surface area contributed by atoms with Gasteiger partial charge in [0.15, 0.2) is 0 Å². The lowest BCUT2D eigenvalue weighted by Crippen LogP contribution is -2.25. The number of carbonyl (C=O) groups excluding carboxylic acids is 1. The van der Waals surface area contributed by atoms with Crippen LogP contribution in [0.1, 0.15) is 47.4 Å². The highest BCUT2D eigenvalue weighted by Crippen LogP contribution is 2.33. The van der Waals surface area contributed by atoms with Crippen LogP contribution in [0, 0.1) is 18.7 Å². The number of thiazole rings is 1. The molecule has 1 amide bonds. The lowest BCUT2D eigenvalue weighted by atomic mass is 10.1. The smallest absolute Gasteiger partial charge is 0.451 e. The molecule has 3 rings (SSSR count). The number of nitrogens with zero attached hydrogens (tertiary/aromatic N) is 3. The van der Waals surface area contributed by atoms with Gasteiger partial charge in [-0.05, 0) is 31.9 Å². The number of carbonyl (C=O) groups is 1. The molecule has 0 aliphatic heterocycles. The Labute approximate surface area is 192 Å². The summed E-state index contributed by atoms with van der Waals surface area (Å²) in [6.45, 7) is 7.46. The minimum atomic E-state index is -4.66. The lowest BCUT2D eigenvalue weighted by molar-refractivity contribution is -0.145. The van der Waals surface area contributed by atoms with E-state index >= 15 is 4.39 Å². The number of halogens is 4. The molecule has 0 saturated heterocycles. The van der Waals surface area contributed by atoms with Crippen molar-refractivity contribution in [1.82, 2.24) is 20.3 Å². The Kier molecular flexibility index (Phi) is 7.31. The minimum absolute atomic E-state index is 0.129. The van der Waals surface area contributed by atoms with Crippen molar-refractivity contribution in [2.45, 2.75) is 46.5 Å². The molecule has 0 radical (unpaired) electrons. The fourth-order valence-corrected chi connectivity index (χ4v) is 3.46. The summed E-state index contributed by atoms with van der Waals surface area (Å²) in [7, 11) is 0. The molecular weight excluding hydrogens is 460 g/mol. The molecule has 0 unspecified atom stereocenters. The first-order valence-corrected chi connectivity index (χ1v) is 10.9. The van der Waals surface area contributed by atoms with Crippen molar-refractivity contribution >= 4 is 17.2 Å². The van der Waals surface area contributed by atoms with Gasteiger partial charge in [-0.3, -0.25) is 4.79 Å². The van der Waals surface area contributed by atoms with E-state index in [0.717, 1.165) is 17.3 Å². The number of ether oxygens (including phenoxy) is 1. The Hall–Kier alpha value is -3.08. The number of rotatable bonds is 7. The standard InChI is InChI=1S/C22H22F4N4O2S/c1-11(2)13(4)32-15-5-16(18(23)17(6-15)20-28-7-12(3)33-20)19(31)27-8-14-9-29-21(30-10-14)22(24,25)26/h5-7,9-11,13H,8H2,1-4H3,(H,27,31)/t13-/m0/s1. The monoisotopic (exact) mass is 482 g/mol. The molecule has 1 atom stereocenters. The van der Waals surface area contributed by atoms with Gasteiger partial charge >= 0.3 is 6.18 Å². The van der Waals surface area contributed by atoms with Gasteiger partial charge in [0.1, 0.15) is 16.6 Å². The van der Waals surface area contributed by atoms with E-state index in [4.69, 9.17) is 4.74 Å². The van der Waals surface area contributed by atoms with Gasteiger partial charge in [-0.25, -0.2) is 19.3 Å². The molecule has 11 heteroatoms. The molecule has 2 aromatic heterocycles. The van der Waals surface area contributed by atoms with E-state index in [1.54, 1.807) is 6.20 Å². The molecule has 0 aliphatic rings. The number of aryl methyl sites for hydroxylation is 1. The molecule has 0 spiro atoms. The molecule has 0 fully saturated rings. The van der Waals surface area contributed by atoms with Crippen molar-refractivity contribution < 1.29 is 27.1 Å². The quantitative estimate of drug-likeness (QED) is 0.455. The third kappa shape index (κ3) is 6.04. The number of amides is 1. The first-order chi connectivity index (χ1) is 15.5. The molecule has 0 aliphatic carbocycles. The van der Waals surface area contributed by atoms with E-state index in [0.29, 0.717) is 10.8 Å². The summed E-state index contributed by atoms with van der Waals surface area (Å²) in [6.07, 6.45) is -1.33. The first kappa shape index (κ1) is 24.6. The van der Waals surface area contributed by atoms with Crippen LogP contribution in [0.15, 0.2) is 30.7 Å². The summed E-state index contributed by atoms with van der Waals surface area (Å²) < 4.78 is 59.0. The Balaban J connectivity index is 1.87. The van der Waals surface area contributed by atoms with Crippen molar-refractivity contribution in [2.24, 2.45) is 5.92 Å². The number of alkyl halides is 3. The predicted octanol–water partition coefficient (Wildman–Crippen LogP) is 5.42. The van der Waals surface area contributed by atoms with Crippen molar-refractivity contribution in [3.8, 4) is 16.3 Å². The maximum absolute atomic E-state index is 15.3. The summed E-state index contributed by atoms with van der Waals surface area (Å²) in [6, 6.07) is 2.81. The highest BCUT2D eigenvalue weighted by Gasteiger charge is 2.34. The van der Waals surface area contributed by atoms with Crippen LogP contribution in [0.4, 0.5) is 17.6 Å². The summed E-state index contributed by atoms with van der Waals surface area (Å²) in [4.78, 5) is 24.4. The Morgan fingerprint density at radius 1 is 1.12 bits per heavy atom. The number of hydrogen-bond donors (Lipinski definition) is 1. The Morgan fingerprint density at radius 2 is 1.79 bits per heavy atom. The fraction of sp³-hybridized carbons (Fsp3) is 0.364.